The Morgan fingerprint density at radius 2 is 1.92 bits per heavy atom. The molecule has 0 atom stereocenters. The molecule has 0 aliphatic heterocycles. The average molecular weight is 347 g/mol. The Labute approximate surface area is 154 Å². The van der Waals surface area contributed by atoms with Gasteiger partial charge in [0.15, 0.2) is 0 Å². The highest BCUT2D eigenvalue weighted by atomic mass is 16.1. The average Bonchev–Trinajstić information content (AvgIpc) is 3.06. The van der Waals surface area contributed by atoms with Crippen LogP contribution in [-0.4, -0.2) is 22.2 Å². The highest BCUT2D eigenvalue weighted by molar-refractivity contribution is 5.95. The van der Waals surface area contributed by atoms with E-state index in [1.54, 1.807) is 0 Å². The summed E-state index contributed by atoms with van der Waals surface area (Å²) in [6.45, 7) is 5.64. The fourth-order valence-corrected chi connectivity index (χ4v) is 3.12. The minimum absolute atomic E-state index is 0.0274. The van der Waals surface area contributed by atoms with Crippen LogP contribution in [0, 0.1) is 6.92 Å². The Kier molecular flexibility index (Phi) is 5.84. The van der Waals surface area contributed by atoms with Crippen LogP contribution in [0.1, 0.15) is 35.0 Å². The maximum absolute atomic E-state index is 12.5. The van der Waals surface area contributed by atoms with Crippen molar-refractivity contribution >= 4 is 5.91 Å². The van der Waals surface area contributed by atoms with Crippen molar-refractivity contribution in [1.82, 2.24) is 15.1 Å². The van der Waals surface area contributed by atoms with Crippen LogP contribution in [0.3, 0.4) is 0 Å². The fourth-order valence-electron chi connectivity index (χ4n) is 3.12. The highest BCUT2D eigenvalue weighted by Gasteiger charge is 2.11. The molecule has 0 spiro atoms. The molecule has 3 aromatic rings. The third kappa shape index (κ3) is 4.20. The van der Waals surface area contributed by atoms with E-state index in [0.717, 1.165) is 36.2 Å². The number of carbonyl (C=O) groups is 1. The minimum Gasteiger partial charge on any atom is -0.352 e. The number of aryl methyl sites for hydroxylation is 2. The second-order valence-corrected chi connectivity index (χ2v) is 6.39. The van der Waals surface area contributed by atoms with Crippen LogP contribution >= 0.6 is 0 Å². The third-order valence-electron chi connectivity index (χ3n) is 4.61. The number of benzene rings is 2. The summed E-state index contributed by atoms with van der Waals surface area (Å²) in [6, 6.07) is 18.1. The molecule has 0 radical (unpaired) electrons. The summed E-state index contributed by atoms with van der Waals surface area (Å²) in [4.78, 5) is 12.5. The van der Waals surface area contributed by atoms with E-state index >= 15 is 0 Å². The monoisotopic (exact) mass is 347 g/mol. The Morgan fingerprint density at radius 3 is 2.65 bits per heavy atom. The Morgan fingerprint density at radius 1 is 1.12 bits per heavy atom. The highest BCUT2D eigenvalue weighted by Crippen LogP contribution is 2.24. The standard InChI is InChI=1S/C22H25N3O/c1-3-25-17(2)21(16-24-25)19-12-7-13-20(15-19)22(26)23-14-8-11-18-9-5-4-6-10-18/h4-7,9-10,12-13,15-16H,3,8,11,14H2,1-2H3,(H,23,26). The maximum Gasteiger partial charge on any atom is 0.251 e. The first kappa shape index (κ1) is 17.9. The van der Waals surface area contributed by atoms with Gasteiger partial charge in [-0.25, -0.2) is 0 Å². The predicted octanol–water partition coefficient (Wildman–Crippen LogP) is 4.24. The van der Waals surface area contributed by atoms with Crippen LogP contribution in [0.25, 0.3) is 11.1 Å². The van der Waals surface area contributed by atoms with Crippen molar-refractivity contribution in [1.29, 1.82) is 0 Å². The molecule has 2 aromatic carbocycles. The van der Waals surface area contributed by atoms with E-state index in [9.17, 15) is 4.79 Å². The first-order chi connectivity index (χ1) is 12.7. The van der Waals surface area contributed by atoms with Gasteiger partial charge in [-0.05, 0) is 49.9 Å². The van der Waals surface area contributed by atoms with Gasteiger partial charge < -0.3 is 5.32 Å². The molecule has 0 aliphatic carbocycles. The van der Waals surface area contributed by atoms with Crippen molar-refractivity contribution in [2.75, 3.05) is 6.54 Å². The van der Waals surface area contributed by atoms with Gasteiger partial charge in [-0.2, -0.15) is 5.10 Å². The summed E-state index contributed by atoms with van der Waals surface area (Å²) >= 11 is 0. The largest absolute Gasteiger partial charge is 0.352 e. The SMILES string of the molecule is CCn1ncc(-c2cccc(C(=O)NCCCc3ccccc3)c2)c1C. The second kappa shape index (κ2) is 8.48. The second-order valence-electron chi connectivity index (χ2n) is 6.39. The van der Waals surface area contributed by atoms with Gasteiger partial charge in [-0.15, -0.1) is 0 Å². The summed E-state index contributed by atoms with van der Waals surface area (Å²) in [5.74, 6) is -0.0274. The van der Waals surface area contributed by atoms with Crippen LogP contribution in [0.5, 0.6) is 0 Å². The van der Waals surface area contributed by atoms with Crippen molar-refractivity contribution in [3.63, 3.8) is 0 Å². The zero-order valence-corrected chi connectivity index (χ0v) is 15.4. The van der Waals surface area contributed by atoms with Gasteiger partial charge in [-0.1, -0.05) is 42.5 Å². The van der Waals surface area contributed by atoms with Crippen molar-refractivity contribution < 1.29 is 4.79 Å². The number of carbonyl (C=O) groups excluding carboxylic acids is 1. The summed E-state index contributed by atoms with van der Waals surface area (Å²) in [6.07, 6.45) is 3.77. The maximum atomic E-state index is 12.5. The lowest BCUT2D eigenvalue weighted by Gasteiger charge is -2.08. The lowest BCUT2D eigenvalue weighted by molar-refractivity contribution is 0.0953. The number of aromatic nitrogens is 2. The molecule has 1 N–H and O–H groups in total. The van der Waals surface area contributed by atoms with Crippen molar-refractivity contribution in [2.45, 2.75) is 33.2 Å². The summed E-state index contributed by atoms with van der Waals surface area (Å²) in [5, 5.41) is 7.41. The third-order valence-corrected chi connectivity index (χ3v) is 4.61. The summed E-state index contributed by atoms with van der Waals surface area (Å²) in [7, 11) is 0. The Balaban J connectivity index is 1.60. The number of amides is 1. The molecular weight excluding hydrogens is 322 g/mol. The van der Waals surface area contributed by atoms with E-state index in [1.165, 1.54) is 5.56 Å². The molecule has 0 saturated heterocycles. The normalized spacial score (nSPS) is 10.7. The molecule has 1 aromatic heterocycles. The van der Waals surface area contributed by atoms with Crippen LogP contribution in [0.2, 0.25) is 0 Å². The van der Waals surface area contributed by atoms with E-state index in [1.807, 2.05) is 53.3 Å². The van der Waals surface area contributed by atoms with Gasteiger partial charge in [0.2, 0.25) is 0 Å². The smallest absolute Gasteiger partial charge is 0.251 e. The van der Waals surface area contributed by atoms with Gasteiger partial charge in [-0.3, -0.25) is 9.48 Å². The fraction of sp³-hybridized carbons (Fsp3) is 0.273. The lowest BCUT2D eigenvalue weighted by atomic mass is 10.0. The molecule has 4 nitrogen and oxygen atoms in total. The molecule has 26 heavy (non-hydrogen) atoms. The number of rotatable bonds is 7. The molecule has 1 heterocycles. The molecule has 0 aliphatic rings. The summed E-state index contributed by atoms with van der Waals surface area (Å²) in [5.41, 5.74) is 5.20. The minimum atomic E-state index is -0.0274. The van der Waals surface area contributed by atoms with Crippen LogP contribution in [0.15, 0.2) is 60.8 Å². The zero-order valence-electron chi connectivity index (χ0n) is 15.4. The van der Waals surface area contributed by atoms with E-state index in [2.05, 4.69) is 36.4 Å². The van der Waals surface area contributed by atoms with E-state index in [-0.39, 0.29) is 5.91 Å². The van der Waals surface area contributed by atoms with Gasteiger partial charge in [0.25, 0.3) is 5.91 Å². The molecule has 0 bridgehead atoms. The van der Waals surface area contributed by atoms with E-state index in [4.69, 9.17) is 0 Å². The zero-order chi connectivity index (χ0) is 18.4. The number of hydrogen-bond acceptors (Lipinski definition) is 2. The molecule has 4 heteroatoms. The number of hydrogen-bond donors (Lipinski definition) is 1. The molecule has 0 saturated carbocycles. The number of nitrogens with one attached hydrogen (secondary N) is 1. The molecule has 0 unspecified atom stereocenters. The van der Waals surface area contributed by atoms with Gasteiger partial charge in [0.1, 0.15) is 0 Å². The Bertz CT molecular complexity index is 868. The van der Waals surface area contributed by atoms with Crippen molar-refractivity contribution in [3.05, 3.63) is 77.6 Å². The molecular formula is C22H25N3O. The molecule has 0 fully saturated rings. The first-order valence-electron chi connectivity index (χ1n) is 9.14. The van der Waals surface area contributed by atoms with Gasteiger partial charge >= 0.3 is 0 Å². The topological polar surface area (TPSA) is 46.9 Å². The quantitative estimate of drug-likeness (QED) is 0.650. The lowest BCUT2D eigenvalue weighted by Crippen LogP contribution is -2.24. The van der Waals surface area contributed by atoms with E-state index in [0.29, 0.717) is 12.1 Å². The van der Waals surface area contributed by atoms with Crippen LogP contribution in [-0.2, 0) is 13.0 Å². The van der Waals surface area contributed by atoms with Crippen LogP contribution < -0.4 is 5.32 Å². The van der Waals surface area contributed by atoms with Gasteiger partial charge in [0, 0.05) is 29.9 Å². The van der Waals surface area contributed by atoms with Crippen LogP contribution in [0.4, 0.5) is 0 Å². The first-order valence-corrected chi connectivity index (χ1v) is 9.14. The Hall–Kier alpha value is -2.88. The van der Waals surface area contributed by atoms with Crippen molar-refractivity contribution in [3.8, 4) is 11.1 Å². The van der Waals surface area contributed by atoms with E-state index < -0.39 is 0 Å². The number of nitrogens with zero attached hydrogens (tertiary/aromatic N) is 2. The summed E-state index contributed by atoms with van der Waals surface area (Å²) < 4.78 is 1.96. The molecule has 134 valence electrons. The molecule has 1 amide bonds. The predicted molar refractivity (Wildman–Crippen MR) is 105 cm³/mol. The molecule has 3 rings (SSSR count). The van der Waals surface area contributed by atoms with Crippen molar-refractivity contribution in [2.24, 2.45) is 0 Å². The van der Waals surface area contributed by atoms with Gasteiger partial charge in [0.05, 0.1) is 6.20 Å².